The van der Waals surface area contributed by atoms with E-state index in [0.717, 1.165) is 24.2 Å². The molecule has 1 heterocycles. The predicted molar refractivity (Wildman–Crippen MR) is 96.7 cm³/mol. The van der Waals surface area contributed by atoms with E-state index in [2.05, 4.69) is 25.5 Å². The van der Waals surface area contributed by atoms with Crippen molar-refractivity contribution in [1.29, 1.82) is 0 Å². The standard InChI is InChI=1S/C20H26N2O2/c1-6-13-24-19-10-8-7-9-18(19)20(23)22-16(5)17(15(4)21-22)12-11-14(2)3/h6-10,14H,1,11-13H2,2-5H3. The van der Waals surface area contributed by atoms with Gasteiger partial charge in [0.1, 0.15) is 12.4 Å². The third-order valence-electron chi connectivity index (χ3n) is 4.08. The van der Waals surface area contributed by atoms with E-state index in [0.29, 0.717) is 23.8 Å². The zero-order chi connectivity index (χ0) is 17.7. The molecule has 1 aromatic carbocycles. The van der Waals surface area contributed by atoms with Gasteiger partial charge in [-0.05, 0) is 50.3 Å². The molecule has 1 aromatic heterocycles. The van der Waals surface area contributed by atoms with Crippen LogP contribution < -0.4 is 4.74 Å². The Kier molecular flexibility index (Phi) is 5.96. The fraction of sp³-hybridized carbons (Fsp3) is 0.400. The molecule has 0 saturated heterocycles. The summed E-state index contributed by atoms with van der Waals surface area (Å²) in [7, 11) is 0. The number of hydrogen-bond acceptors (Lipinski definition) is 3. The molecule has 0 aliphatic heterocycles. The second-order valence-electron chi connectivity index (χ2n) is 6.39. The van der Waals surface area contributed by atoms with Gasteiger partial charge in [0, 0.05) is 5.69 Å². The summed E-state index contributed by atoms with van der Waals surface area (Å²) in [6.45, 7) is 12.3. The van der Waals surface area contributed by atoms with E-state index in [9.17, 15) is 4.79 Å². The number of hydrogen-bond donors (Lipinski definition) is 0. The molecule has 2 rings (SSSR count). The maximum atomic E-state index is 12.9. The summed E-state index contributed by atoms with van der Waals surface area (Å²) in [6, 6.07) is 7.25. The number of ether oxygens (including phenoxy) is 1. The van der Waals surface area contributed by atoms with Crippen LogP contribution in [0.2, 0.25) is 0 Å². The summed E-state index contributed by atoms with van der Waals surface area (Å²) in [6.07, 6.45) is 3.69. The van der Waals surface area contributed by atoms with E-state index >= 15 is 0 Å². The van der Waals surface area contributed by atoms with E-state index in [4.69, 9.17) is 4.74 Å². The molecule has 0 aliphatic rings. The first-order chi connectivity index (χ1) is 11.5. The Balaban J connectivity index is 2.34. The molecule has 0 saturated carbocycles. The molecular formula is C20H26N2O2. The molecule has 24 heavy (non-hydrogen) atoms. The SMILES string of the molecule is C=CCOc1ccccc1C(=O)n1nc(C)c(CCC(C)C)c1C. The Morgan fingerprint density at radius 1 is 1.33 bits per heavy atom. The van der Waals surface area contributed by atoms with Crippen molar-refractivity contribution in [2.24, 2.45) is 5.92 Å². The molecule has 0 atom stereocenters. The molecule has 0 spiro atoms. The monoisotopic (exact) mass is 326 g/mol. The Hall–Kier alpha value is -2.36. The quantitative estimate of drug-likeness (QED) is 0.711. The lowest BCUT2D eigenvalue weighted by Crippen LogP contribution is -2.17. The lowest BCUT2D eigenvalue weighted by molar-refractivity contribution is 0.0938. The van der Waals surface area contributed by atoms with Gasteiger partial charge in [0.2, 0.25) is 0 Å². The van der Waals surface area contributed by atoms with E-state index < -0.39 is 0 Å². The molecular weight excluding hydrogens is 300 g/mol. The van der Waals surface area contributed by atoms with Crippen molar-refractivity contribution in [3.8, 4) is 5.75 Å². The van der Waals surface area contributed by atoms with Gasteiger partial charge in [0.15, 0.2) is 0 Å². The van der Waals surface area contributed by atoms with Crippen LogP contribution in [0.15, 0.2) is 36.9 Å². The fourth-order valence-electron chi connectivity index (χ4n) is 2.70. The minimum Gasteiger partial charge on any atom is -0.489 e. The van der Waals surface area contributed by atoms with Crippen LogP contribution in [0, 0.1) is 19.8 Å². The number of nitrogens with zero attached hydrogens (tertiary/aromatic N) is 2. The van der Waals surface area contributed by atoms with Gasteiger partial charge in [-0.3, -0.25) is 4.79 Å². The third kappa shape index (κ3) is 3.94. The highest BCUT2D eigenvalue weighted by Gasteiger charge is 2.20. The minimum absolute atomic E-state index is 0.161. The van der Waals surface area contributed by atoms with Crippen LogP contribution in [-0.2, 0) is 6.42 Å². The van der Waals surface area contributed by atoms with E-state index in [1.807, 2.05) is 26.0 Å². The fourth-order valence-corrected chi connectivity index (χ4v) is 2.70. The van der Waals surface area contributed by atoms with Crippen molar-refractivity contribution in [2.45, 2.75) is 40.5 Å². The van der Waals surface area contributed by atoms with Gasteiger partial charge in [-0.25, -0.2) is 4.68 Å². The van der Waals surface area contributed by atoms with E-state index in [-0.39, 0.29) is 5.91 Å². The second-order valence-corrected chi connectivity index (χ2v) is 6.39. The van der Waals surface area contributed by atoms with Gasteiger partial charge < -0.3 is 4.74 Å². The molecule has 2 aromatic rings. The summed E-state index contributed by atoms with van der Waals surface area (Å²) >= 11 is 0. The van der Waals surface area contributed by atoms with Gasteiger partial charge >= 0.3 is 0 Å². The second kappa shape index (κ2) is 7.95. The van der Waals surface area contributed by atoms with Crippen molar-refractivity contribution >= 4 is 5.91 Å². The van der Waals surface area contributed by atoms with Crippen molar-refractivity contribution < 1.29 is 9.53 Å². The van der Waals surface area contributed by atoms with Gasteiger partial charge in [-0.2, -0.15) is 5.10 Å². The molecule has 0 radical (unpaired) electrons. The number of benzene rings is 1. The highest BCUT2D eigenvalue weighted by Crippen LogP contribution is 2.23. The molecule has 0 aliphatic carbocycles. The molecule has 128 valence electrons. The highest BCUT2D eigenvalue weighted by molar-refractivity contribution is 5.98. The van der Waals surface area contributed by atoms with Crippen LogP contribution in [-0.4, -0.2) is 22.3 Å². The van der Waals surface area contributed by atoms with Gasteiger partial charge in [-0.1, -0.05) is 38.6 Å². The summed E-state index contributed by atoms with van der Waals surface area (Å²) in [4.78, 5) is 12.9. The summed E-state index contributed by atoms with van der Waals surface area (Å²) in [5.74, 6) is 1.01. The van der Waals surface area contributed by atoms with Crippen molar-refractivity contribution in [2.75, 3.05) is 6.61 Å². The molecule has 0 N–H and O–H groups in total. The lowest BCUT2D eigenvalue weighted by Gasteiger charge is -2.10. The number of carbonyl (C=O) groups is 1. The third-order valence-corrected chi connectivity index (χ3v) is 4.08. The summed E-state index contributed by atoms with van der Waals surface area (Å²) in [5, 5.41) is 4.48. The number of carbonyl (C=O) groups excluding carboxylic acids is 1. The van der Waals surface area contributed by atoms with Crippen LogP contribution in [0.1, 0.15) is 47.6 Å². The van der Waals surface area contributed by atoms with Gasteiger partial charge in [0.25, 0.3) is 5.91 Å². The average molecular weight is 326 g/mol. The smallest absolute Gasteiger partial charge is 0.282 e. The van der Waals surface area contributed by atoms with Crippen molar-refractivity contribution in [3.05, 3.63) is 59.4 Å². The zero-order valence-electron chi connectivity index (χ0n) is 15.0. The van der Waals surface area contributed by atoms with Crippen molar-refractivity contribution in [3.63, 3.8) is 0 Å². The Morgan fingerprint density at radius 2 is 2.04 bits per heavy atom. The van der Waals surface area contributed by atoms with Crippen molar-refractivity contribution in [1.82, 2.24) is 9.78 Å². The van der Waals surface area contributed by atoms with Gasteiger partial charge in [0.05, 0.1) is 11.3 Å². The first kappa shape index (κ1) is 18.0. The average Bonchev–Trinajstić information content (AvgIpc) is 2.85. The Morgan fingerprint density at radius 3 is 2.71 bits per heavy atom. The van der Waals surface area contributed by atoms with E-state index in [1.54, 1.807) is 18.2 Å². The first-order valence-corrected chi connectivity index (χ1v) is 8.38. The topological polar surface area (TPSA) is 44.1 Å². The molecule has 4 nitrogen and oxygen atoms in total. The first-order valence-electron chi connectivity index (χ1n) is 8.38. The summed E-state index contributed by atoms with van der Waals surface area (Å²) in [5.41, 5.74) is 3.52. The van der Waals surface area contributed by atoms with Gasteiger partial charge in [-0.15, -0.1) is 0 Å². The van der Waals surface area contributed by atoms with Crippen LogP contribution in [0.3, 0.4) is 0 Å². The lowest BCUT2D eigenvalue weighted by atomic mass is 10.0. The van der Waals surface area contributed by atoms with Crippen LogP contribution in [0.5, 0.6) is 5.75 Å². The predicted octanol–water partition coefficient (Wildman–Crippen LogP) is 4.34. The van der Waals surface area contributed by atoms with E-state index in [1.165, 1.54) is 10.2 Å². The zero-order valence-corrected chi connectivity index (χ0v) is 15.0. The largest absolute Gasteiger partial charge is 0.489 e. The molecule has 0 bridgehead atoms. The van der Waals surface area contributed by atoms with Crippen LogP contribution in [0.25, 0.3) is 0 Å². The maximum Gasteiger partial charge on any atom is 0.282 e. The number of aromatic nitrogens is 2. The highest BCUT2D eigenvalue weighted by atomic mass is 16.5. The molecule has 0 amide bonds. The van der Waals surface area contributed by atoms with Crippen LogP contribution >= 0.6 is 0 Å². The summed E-state index contributed by atoms with van der Waals surface area (Å²) < 4.78 is 7.11. The minimum atomic E-state index is -0.161. The molecule has 4 heteroatoms. The number of aryl methyl sites for hydroxylation is 1. The maximum absolute atomic E-state index is 12.9. The Labute approximate surface area is 144 Å². The number of para-hydroxylation sites is 1. The molecule has 0 fully saturated rings. The number of rotatable bonds is 7. The Bertz CT molecular complexity index is 729. The van der Waals surface area contributed by atoms with Crippen LogP contribution in [0.4, 0.5) is 0 Å². The normalized spacial score (nSPS) is 10.9. The molecule has 0 unspecified atom stereocenters.